The molecule has 0 unspecified atom stereocenters. The van der Waals surface area contributed by atoms with Crippen molar-refractivity contribution in [3.8, 4) is 5.75 Å². The molecule has 0 spiro atoms. The third-order valence-corrected chi connectivity index (χ3v) is 6.48. The van der Waals surface area contributed by atoms with E-state index in [0.717, 1.165) is 11.1 Å². The maximum atomic E-state index is 12.5. The topological polar surface area (TPSA) is 85.4 Å². The maximum absolute atomic E-state index is 12.5. The first-order chi connectivity index (χ1) is 14.3. The summed E-state index contributed by atoms with van der Waals surface area (Å²) in [7, 11) is 0. The van der Waals surface area contributed by atoms with Gasteiger partial charge in [-0.3, -0.25) is 9.78 Å². The van der Waals surface area contributed by atoms with Gasteiger partial charge in [0, 0.05) is 17.7 Å². The molecule has 1 aliphatic carbocycles. The highest BCUT2D eigenvalue weighted by Gasteiger charge is 2.72. The molecule has 4 atom stereocenters. The van der Waals surface area contributed by atoms with E-state index >= 15 is 0 Å². The van der Waals surface area contributed by atoms with Crippen LogP contribution in [0.2, 0.25) is 0 Å². The number of rotatable bonds is 5. The molecule has 5 heteroatoms. The predicted molar refractivity (Wildman–Crippen MR) is 116 cm³/mol. The molecule has 2 aliphatic rings. The van der Waals surface area contributed by atoms with Gasteiger partial charge < -0.3 is 15.6 Å². The average Bonchev–Trinajstić information content (AvgIpc) is 3.17. The first-order valence-corrected chi connectivity index (χ1v) is 10.1. The summed E-state index contributed by atoms with van der Waals surface area (Å²) in [5, 5.41) is 12.1. The number of benzene rings is 1. The van der Waals surface area contributed by atoms with Crippen molar-refractivity contribution >= 4 is 5.91 Å². The van der Waals surface area contributed by atoms with Crippen molar-refractivity contribution in [2.24, 2.45) is 11.7 Å². The smallest absolute Gasteiger partial charge is 0.221 e. The third-order valence-electron chi connectivity index (χ3n) is 6.48. The van der Waals surface area contributed by atoms with Crippen LogP contribution in [-0.2, 0) is 10.4 Å². The van der Waals surface area contributed by atoms with Crippen molar-refractivity contribution in [2.75, 3.05) is 0 Å². The van der Waals surface area contributed by atoms with Crippen LogP contribution in [0.15, 0.2) is 84.7 Å². The number of hydrogen-bond donors (Lipinski definition) is 2. The van der Waals surface area contributed by atoms with Crippen molar-refractivity contribution in [3.63, 3.8) is 0 Å². The summed E-state index contributed by atoms with van der Waals surface area (Å²) in [4.78, 5) is 16.7. The maximum Gasteiger partial charge on any atom is 0.221 e. The number of amides is 1. The van der Waals surface area contributed by atoms with Gasteiger partial charge in [0.05, 0.1) is 12.1 Å². The molecule has 2 heterocycles. The van der Waals surface area contributed by atoms with Crippen molar-refractivity contribution in [1.29, 1.82) is 0 Å². The van der Waals surface area contributed by atoms with Crippen LogP contribution in [0, 0.1) is 5.92 Å². The van der Waals surface area contributed by atoms with Crippen molar-refractivity contribution in [1.82, 2.24) is 4.98 Å². The van der Waals surface area contributed by atoms with E-state index in [0.29, 0.717) is 16.9 Å². The van der Waals surface area contributed by atoms with Crippen molar-refractivity contribution in [2.45, 2.75) is 37.4 Å². The molecule has 0 radical (unpaired) electrons. The fraction of sp³-hybridized carbons (Fsp3) is 0.280. The Morgan fingerprint density at radius 3 is 2.70 bits per heavy atom. The molecule has 4 rings (SSSR count). The van der Waals surface area contributed by atoms with Gasteiger partial charge in [0.2, 0.25) is 5.91 Å². The zero-order valence-electron chi connectivity index (χ0n) is 17.2. The van der Waals surface area contributed by atoms with E-state index in [-0.39, 0.29) is 6.42 Å². The zero-order chi connectivity index (χ0) is 21.5. The molecule has 1 fully saturated rings. The zero-order valence-corrected chi connectivity index (χ0v) is 17.2. The van der Waals surface area contributed by atoms with E-state index in [1.807, 2.05) is 62.4 Å². The Balaban J connectivity index is 1.97. The molecule has 1 aromatic carbocycles. The quantitative estimate of drug-likeness (QED) is 0.746. The van der Waals surface area contributed by atoms with Gasteiger partial charge in [0.25, 0.3) is 0 Å². The molecule has 1 saturated carbocycles. The Morgan fingerprint density at radius 2 is 2.03 bits per heavy atom. The second-order valence-corrected chi connectivity index (χ2v) is 8.06. The Morgan fingerprint density at radius 1 is 1.30 bits per heavy atom. The lowest BCUT2D eigenvalue weighted by Gasteiger charge is -2.40. The lowest BCUT2D eigenvalue weighted by Crippen LogP contribution is -2.52. The van der Waals surface area contributed by atoms with Gasteiger partial charge in [-0.25, -0.2) is 0 Å². The van der Waals surface area contributed by atoms with Gasteiger partial charge in [-0.2, -0.15) is 0 Å². The molecular weight excluding hydrogens is 376 g/mol. The Hall–Kier alpha value is -3.18. The second kappa shape index (κ2) is 7.26. The molecule has 0 saturated heterocycles. The Kier molecular flexibility index (Phi) is 4.86. The lowest BCUT2D eigenvalue weighted by atomic mass is 9.71. The summed E-state index contributed by atoms with van der Waals surface area (Å²) in [6.45, 7) is 8.24. The summed E-state index contributed by atoms with van der Waals surface area (Å²) < 4.78 is 6.51. The summed E-state index contributed by atoms with van der Waals surface area (Å²) in [5.74, 6) is -1.09. The first kappa shape index (κ1) is 20.1. The van der Waals surface area contributed by atoms with Gasteiger partial charge in [-0.05, 0) is 37.5 Å². The number of hydrogen-bond acceptors (Lipinski definition) is 4. The number of carbonyl (C=O) groups excluding carboxylic acids is 1. The van der Waals surface area contributed by atoms with Crippen LogP contribution >= 0.6 is 0 Å². The van der Waals surface area contributed by atoms with Crippen LogP contribution in [0.25, 0.3) is 0 Å². The number of nitrogens with zero attached hydrogens (tertiary/aromatic N) is 1. The molecule has 3 N–H and O–H groups in total. The van der Waals surface area contributed by atoms with Crippen molar-refractivity contribution < 1.29 is 14.6 Å². The number of primary amides is 1. The summed E-state index contributed by atoms with van der Waals surface area (Å²) >= 11 is 0. The second-order valence-electron chi connectivity index (χ2n) is 8.06. The van der Waals surface area contributed by atoms with Crippen LogP contribution in [-0.4, -0.2) is 21.6 Å². The average molecular weight is 402 g/mol. The monoisotopic (exact) mass is 402 g/mol. The normalized spacial score (nSPS) is 30.0. The minimum Gasteiger partial charge on any atom is -0.476 e. The largest absolute Gasteiger partial charge is 0.476 e. The van der Waals surface area contributed by atoms with Crippen LogP contribution in [0.5, 0.6) is 5.75 Å². The van der Waals surface area contributed by atoms with E-state index in [9.17, 15) is 9.90 Å². The number of nitrogens with two attached hydrogens (primary N) is 1. The molecule has 1 amide bonds. The van der Waals surface area contributed by atoms with Crippen LogP contribution in [0.3, 0.4) is 0 Å². The number of ether oxygens (including phenoxy) is 1. The molecular formula is C25H26N2O3. The number of carbonyl (C=O) groups is 1. The molecule has 1 aromatic heterocycles. The molecule has 0 bridgehead atoms. The molecule has 5 nitrogen and oxygen atoms in total. The molecule has 30 heavy (non-hydrogen) atoms. The van der Waals surface area contributed by atoms with Crippen LogP contribution in [0.1, 0.15) is 37.3 Å². The van der Waals surface area contributed by atoms with Gasteiger partial charge in [0.15, 0.2) is 5.60 Å². The predicted octanol–water partition coefficient (Wildman–Crippen LogP) is 3.77. The summed E-state index contributed by atoms with van der Waals surface area (Å²) in [5.41, 5.74) is 6.21. The van der Waals surface area contributed by atoms with Gasteiger partial charge in [-0.15, -0.1) is 0 Å². The van der Waals surface area contributed by atoms with Gasteiger partial charge >= 0.3 is 0 Å². The molecule has 2 aromatic rings. The first-order valence-electron chi connectivity index (χ1n) is 10.1. The fourth-order valence-electron chi connectivity index (χ4n) is 4.94. The highest BCUT2D eigenvalue weighted by Crippen LogP contribution is 2.66. The Bertz CT molecular complexity index is 1060. The highest BCUT2D eigenvalue weighted by molar-refractivity contribution is 5.80. The van der Waals surface area contributed by atoms with Gasteiger partial charge in [0.1, 0.15) is 11.4 Å². The van der Waals surface area contributed by atoms with Crippen molar-refractivity contribution in [3.05, 3.63) is 95.9 Å². The summed E-state index contributed by atoms with van der Waals surface area (Å²) in [6, 6.07) is 11.3. The van der Waals surface area contributed by atoms with E-state index in [1.54, 1.807) is 18.5 Å². The molecule has 1 aliphatic heterocycles. The number of aromatic nitrogens is 1. The third kappa shape index (κ3) is 2.73. The lowest BCUT2D eigenvalue weighted by molar-refractivity contribution is -0.122. The SMILES string of the molecule is C=C(/C=C\C(C)=C/C)[C@@]12Oc3cnccc3[C@]1(O)C[C@H](C(N)=O)[C@H]2c1ccccc1. The minimum atomic E-state index is -1.46. The number of pyridine rings is 1. The number of aliphatic hydroxyl groups is 1. The standard InChI is InChI=1S/C25H26N2O3/c1-4-16(2)10-11-17(3)25-22(18-8-6-5-7-9-18)19(23(26)28)14-24(25,29)20-12-13-27-15-21(20)30-25/h4-13,15,19,22,29H,3,14H2,1-2H3,(H2,26,28)/b11-10-,16-4-/t19-,22+,24+,25-/m0/s1. The minimum absolute atomic E-state index is 0.147. The van der Waals surface area contributed by atoms with E-state index in [2.05, 4.69) is 11.6 Å². The summed E-state index contributed by atoms with van der Waals surface area (Å²) in [6.07, 6.45) is 9.14. The van der Waals surface area contributed by atoms with Crippen LogP contribution in [0.4, 0.5) is 0 Å². The van der Waals surface area contributed by atoms with E-state index in [4.69, 9.17) is 10.5 Å². The van der Waals surface area contributed by atoms with Crippen LogP contribution < -0.4 is 10.5 Å². The number of fused-ring (bicyclic) bond motifs is 3. The molecule has 154 valence electrons. The van der Waals surface area contributed by atoms with E-state index < -0.39 is 28.9 Å². The van der Waals surface area contributed by atoms with Gasteiger partial charge in [-0.1, -0.05) is 60.7 Å². The van der Waals surface area contributed by atoms with E-state index in [1.165, 1.54) is 0 Å². The Labute approximate surface area is 176 Å². The highest BCUT2D eigenvalue weighted by atomic mass is 16.5. The number of allylic oxidation sites excluding steroid dienone is 3. The fourth-order valence-corrected chi connectivity index (χ4v) is 4.94.